The van der Waals surface area contributed by atoms with Crippen molar-refractivity contribution in [3.63, 3.8) is 0 Å². The molecule has 0 aliphatic rings. The highest BCUT2D eigenvalue weighted by molar-refractivity contribution is 7.12. The first-order valence-electron chi connectivity index (χ1n) is 5.63. The zero-order valence-corrected chi connectivity index (χ0v) is 10.9. The van der Waals surface area contributed by atoms with Crippen LogP contribution in [0.2, 0.25) is 0 Å². The van der Waals surface area contributed by atoms with E-state index >= 15 is 0 Å². The third-order valence-electron chi connectivity index (χ3n) is 2.33. The van der Waals surface area contributed by atoms with Gasteiger partial charge in [0.2, 0.25) is 0 Å². The Morgan fingerprint density at radius 2 is 2.16 bits per heavy atom. The monoisotopic (exact) mass is 275 g/mol. The number of nitrogens with one attached hydrogen (secondary N) is 1. The summed E-state index contributed by atoms with van der Waals surface area (Å²) in [6.07, 6.45) is 1.58. The number of benzene rings is 1. The molecule has 0 saturated carbocycles. The van der Waals surface area contributed by atoms with Crippen molar-refractivity contribution in [1.82, 2.24) is 0 Å². The normalized spacial score (nSPS) is 9.89. The molecule has 98 valence electrons. The van der Waals surface area contributed by atoms with Crippen LogP contribution in [0.25, 0.3) is 0 Å². The van der Waals surface area contributed by atoms with E-state index in [1.165, 1.54) is 16.9 Å². The molecule has 2 N–H and O–H groups in total. The maximum absolute atomic E-state index is 10.5. The summed E-state index contributed by atoms with van der Waals surface area (Å²) in [5, 5.41) is 13.7. The Morgan fingerprint density at radius 3 is 2.79 bits per heavy atom. The Balaban J connectivity index is 2.01. The van der Waals surface area contributed by atoms with Gasteiger partial charge in [-0.25, -0.2) is 4.79 Å². The van der Waals surface area contributed by atoms with Crippen LogP contribution in [0, 0.1) is 0 Å². The van der Waals surface area contributed by atoms with Gasteiger partial charge >= 0.3 is 6.09 Å². The van der Waals surface area contributed by atoms with E-state index in [4.69, 9.17) is 9.84 Å². The minimum absolute atomic E-state index is 0.512. The minimum Gasteiger partial charge on any atom is -0.465 e. The number of thiophene rings is 1. The second-order valence-electron chi connectivity index (χ2n) is 3.82. The molecule has 0 saturated heterocycles. The van der Waals surface area contributed by atoms with Gasteiger partial charge in [0.1, 0.15) is 5.75 Å². The van der Waals surface area contributed by atoms with Crippen LogP contribution in [0.1, 0.15) is 5.56 Å². The summed E-state index contributed by atoms with van der Waals surface area (Å²) < 4.78 is 5.67. The summed E-state index contributed by atoms with van der Waals surface area (Å²) >= 11 is 1.52. The maximum Gasteiger partial charge on any atom is 0.409 e. The van der Waals surface area contributed by atoms with E-state index in [1.54, 1.807) is 24.3 Å². The highest BCUT2D eigenvalue weighted by Gasteiger charge is 2.03. The van der Waals surface area contributed by atoms with Crippen molar-refractivity contribution >= 4 is 23.1 Å². The Labute approximate surface area is 115 Å². The van der Waals surface area contributed by atoms with E-state index in [0.717, 1.165) is 11.5 Å². The van der Waals surface area contributed by atoms with Crippen LogP contribution < -0.4 is 10.1 Å². The quantitative estimate of drug-likeness (QED) is 0.797. The molecule has 4 nitrogen and oxygen atoms in total. The van der Waals surface area contributed by atoms with Crippen LogP contribution in [0.15, 0.2) is 48.4 Å². The molecule has 2 aromatic rings. The van der Waals surface area contributed by atoms with Crippen LogP contribution in [0.3, 0.4) is 0 Å². The fourth-order valence-corrected chi connectivity index (χ4v) is 2.32. The number of allylic oxidation sites excluding steroid dienone is 1. The molecular weight excluding hydrogens is 262 g/mol. The molecule has 1 aromatic heterocycles. The van der Waals surface area contributed by atoms with Crippen LogP contribution >= 0.6 is 11.3 Å². The molecule has 0 spiro atoms. The third kappa shape index (κ3) is 3.86. The summed E-state index contributed by atoms with van der Waals surface area (Å²) in [4.78, 5) is 10.5. The lowest BCUT2D eigenvalue weighted by Crippen LogP contribution is -2.06. The lowest BCUT2D eigenvalue weighted by molar-refractivity contribution is 0.209. The van der Waals surface area contributed by atoms with Gasteiger partial charge in [0.15, 0.2) is 5.06 Å². The van der Waals surface area contributed by atoms with E-state index < -0.39 is 6.09 Å². The van der Waals surface area contributed by atoms with E-state index in [-0.39, 0.29) is 0 Å². The largest absolute Gasteiger partial charge is 0.465 e. The highest BCUT2D eigenvalue weighted by Crippen LogP contribution is 2.29. The number of ether oxygens (including phenoxy) is 1. The molecule has 0 aliphatic heterocycles. The van der Waals surface area contributed by atoms with E-state index in [2.05, 4.69) is 11.9 Å². The third-order valence-corrected chi connectivity index (χ3v) is 3.19. The molecule has 1 amide bonds. The van der Waals surface area contributed by atoms with Crippen molar-refractivity contribution in [3.05, 3.63) is 53.9 Å². The van der Waals surface area contributed by atoms with Crippen molar-refractivity contribution in [1.29, 1.82) is 0 Å². The summed E-state index contributed by atoms with van der Waals surface area (Å²) in [6, 6.07) is 8.72. The van der Waals surface area contributed by atoms with Gasteiger partial charge in [-0.15, -0.1) is 17.9 Å². The zero-order valence-electron chi connectivity index (χ0n) is 10.1. The number of rotatable bonds is 5. The van der Waals surface area contributed by atoms with Gasteiger partial charge in [-0.3, -0.25) is 5.32 Å². The van der Waals surface area contributed by atoms with E-state index in [1.807, 2.05) is 17.5 Å². The first-order chi connectivity index (χ1) is 9.17. The number of hydrogen-bond acceptors (Lipinski definition) is 3. The van der Waals surface area contributed by atoms with Gasteiger partial charge in [0.25, 0.3) is 0 Å². The number of amides is 1. The molecule has 0 aliphatic carbocycles. The Kier molecular flexibility index (Phi) is 4.20. The first kappa shape index (κ1) is 13.2. The minimum atomic E-state index is -1.08. The average Bonchev–Trinajstić information content (AvgIpc) is 2.79. The summed E-state index contributed by atoms with van der Waals surface area (Å²) in [5.74, 6) is 0.669. The molecule has 5 heteroatoms. The number of carboxylic acid groups (broad SMARTS) is 1. The standard InChI is InChI=1S/C14H13NO3S/c1-2-3-10-8-13(19-9-10)18-12-6-4-11(5-7-12)15-14(16)17/h2,4-9,15H,1,3H2,(H,16,17). The number of anilines is 1. The smallest absolute Gasteiger partial charge is 0.409 e. The van der Waals surface area contributed by atoms with Crippen LogP contribution in [-0.4, -0.2) is 11.2 Å². The zero-order chi connectivity index (χ0) is 13.7. The lowest BCUT2D eigenvalue weighted by atomic mass is 10.2. The average molecular weight is 275 g/mol. The fraction of sp³-hybridized carbons (Fsp3) is 0.0714. The summed E-state index contributed by atoms with van der Waals surface area (Å²) in [5.41, 5.74) is 1.68. The first-order valence-corrected chi connectivity index (χ1v) is 6.51. The van der Waals surface area contributed by atoms with Gasteiger partial charge < -0.3 is 9.84 Å². The summed E-state index contributed by atoms with van der Waals surface area (Å²) in [7, 11) is 0. The van der Waals surface area contributed by atoms with Gasteiger partial charge in [0, 0.05) is 5.69 Å². The van der Waals surface area contributed by atoms with Crippen molar-refractivity contribution in [2.24, 2.45) is 0 Å². The van der Waals surface area contributed by atoms with Crippen molar-refractivity contribution in [2.45, 2.75) is 6.42 Å². The van der Waals surface area contributed by atoms with Crippen molar-refractivity contribution in [2.75, 3.05) is 5.32 Å². The Hall–Kier alpha value is -2.27. The van der Waals surface area contributed by atoms with Crippen LogP contribution in [0.4, 0.5) is 10.5 Å². The Bertz CT molecular complexity index is 575. The molecule has 1 aromatic carbocycles. The van der Waals surface area contributed by atoms with E-state index in [0.29, 0.717) is 11.4 Å². The predicted octanol–water partition coefficient (Wildman–Crippen LogP) is 4.36. The Morgan fingerprint density at radius 1 is 1.42 bits per heavy atom. The summed E-state index contributed by atoms with van der Waals surface area (Å²) in [6.45, 7) is 3.69. The number of carbonyl (C=O) groups is 1. The molecule has 0 radical (unpaired) electrons. The predicted molar refractivity (Wildman–Crippen MR) is 76.4 cm³/mol. The van der Waals surface area contributed by atoms with Gasteiger partial charge in [-0.2, -0.15) is 0 Å². The second kappa shape index (κ2) is 6.06. The molecule has 0 atom stereocenters. The van der Waals surface area contributed by atoms with Crippen molar-refractivity contribution in [3.8, 4) is 10.8 Å². The van der Waals surface area contributed by atoms with Crippen LogP contribution in [-0.2, 0) is 6.42 Å². The van der Waals surface area contributed by atoms with Gasteiger partial charge in [-0.05, 0) is 47.7 Å². The van der Waals surface area contributed by atoms with Crippen molar-refractivity contribution < 1.29 is 14.6 Å². The topological polar surface area (TPSA) is 58.6 Å². The molecule has 19 heavy (non-hydrogen) atoms. The molecule has 0 unspecified atom stereocenters. The molecule has 2 rings (SSSR count). The second-order valence-corrected chi connectivity index (χ2v) is 4.70. The van der Waals surface area contributed by atoms with Gasteiger partial charge in [-0.1, -0.05) is 6.08 Å². The molecular formula is C14H13NO3S. The molecule has 1 heterocycles. The lowest BCUT2D eigenvalue weighted by Gasteiger charge is -2.04. The van der Waals surface area contributed by atoms with Crippen LogP contribution in [0.5, 0.6) is 10.8 Å². The molecule has 0 bridgehead atoms. The van der Waals surface area contributed by atoms with E-state index in [9.17, 15) is 4.79 Å². The maximum atomic E-state index is 10.5. The fourth-order valence-electron chi connectivity index (χ4n) is 1.53. The van der Waals surface area contributed by atoms with Gasteiger partial charge in [0.05, 0.1) is 0 Å². The molecule has 0 fully saturated rings. The highest BCUT2D eigenvalue weighted by atomic mass is 32.1. The number of hydrogen-bond donors (Lipinski definition) is 2. The SMILES string of the molecule is C=CCc1csc(Oc2ccc(NC(=O)O)cc2)c1.